The number of anilines is 2. The topological polar surface area (TPSA) is 191 Å². The van der Waals surface area contributed by atoms with Crippen molar-refractivity contribution in [3.05, 3.63) is 59.7 Å². The van der Waals surface area contributed by atoms with Crippen LogP contribution in [0.3, 0.4) is 0 Å². The van der Waals surface area contributed by atoms with Crippen molar-refractivity contribution in [2.24, 2.45) is 9.98 Å². The zero-order valence-electron chi connectivity index (χ0n) is 34.2. The molecule has 2 aromatic carbocycles. The van der Waals surface area contributed by atoms with E-state index in [-0.39, 0.29) is 11.9 Å². The van der Waals surface area contributed by atoms with Gasteiger partial charge in [-0.25, -0.2) is 19.2 Å². The first-order valence-electron chi connectivity index (χ1n) is 17.6. The SMILES string of the molecule is Cc1cc(N/C(=N/C(=O)OC(C)(C)C)NC(=O)OC(C)(C)C)ccc1-c1ccc(-c2ccc(N/C(=N/C(=O)OC(C)(C)C)NC(=O)OC(C)(C)C)cc2C)o1. The van der Waals surface area contributed by atoms with Gasteiger partial charge in [0.2, 0.25) is 11.9 Å². The number of rotatable bonds is 4. The molecule has 0 aliphatic heterocycles. The Kier molecular flexibility index (Phi) is 13.5. The van der Waals surface area contributed by atoms with Crippen LogP contribution < -0.4 is 21.3 Å². The molecule has 0 spiro atoms. The van der Waals surface area contributed by atoms with Crippen molar-refractivity contribution in [1.29, 1.82) is 0 Å². The van der Waals surface area contributed by atoms with Gasteiger partial charge in [-0.05, 0) is 157 Å². The molecule has 0 saturated heterocycles. The highest BCUT2D eigenvalue weighted by Gasteiger charge is 2.23. The number of guanidine groups is 2. The number of hydrogen-bond acceptors (Lipinski definition) is 9. The highest BCUT2D eigenvalue weighted by Crippen LogP contribution is 2.34. The minimum absolute atomic E-state index is 0.173. The van der Waals surface area contributed by atoms with Gasteiger partial charge in [-0.15, -0.1) is 9.98 Å². The average molecular weight is 763 g/mol. The minimum Gasteiger partial charge on any atom is -0.456 e. The van der Waals surface area contributed by atoms with Gasteiger partial charge in [-0.1, -0.05) is 0 Å². The third kappa shape index (κ3) is 15.6. The lowest BCUT2D eigenvalue weighted by atomic mass is 10.1. The molecule has 0 atom stereocenters. The summed E-state index contributed by atoms with van der Waals surface area (Å²) >= 11 is 0. The van der Waals surface area contributed by atoms with Crippen LogP contribution in [0.25, 0.3) is 22.6 Å². The van der Waals surface area contributed by atoms with E-state index in [1.165, 1.54) is 0 Å². The Labute approximate surface area is 322 Å². The molecule has 0 aliphatic rings. The van der Waals surface area contributed by atoms with Gasteiger partial charge in [0.1, 0.15) is 33.9 Å². The normalized spacial score (nSPS) is 12.7. The van der Waals surface area contributed by atoms with Crippen LogP contribution in [0.2, 0.25) is 0 Å². The van der Waals surface area contributed by atoms with Crippen LogP contribution in [0.1, 0.15) is 94.2 Å². The van der Waals surface area contributed by atoms with E-state index in [2.05, 4.69) is 31.3 Å². The Hall–Kier alpha value is -5.86. The number of furan rings is 1. The van der Waals surface area contributed by atoms with Gasteiger partial charge >= 0.3 is 24.4 Å². The number of carbonyl (C=O) groups excluding carboxylic acids is 4. The second-order valence-corrected chi connectivity index (χ2v) is 16.6. The molecule has 0 fully saturated rings. The molecule has 3 aromatic rings. The van der Waals surface area contributed by atoms with Crippen molar-refractivity contribution < 1.29 is 42.5 Å². The number of carbonyl (C=O) groups is 4. The molecule has 1 aromatic heterocycles. The third-order valence-electron chi connectivity index (χ3n) is 6.55. The standard InChI is InChI=1S/C40H54N6O9/c1-23-21-25(41-31(43-33(47)52-37(3,4)5)44-34(48)53-38(6,7)8)15-17-27(23)29-19-20-30(51-29)28-18-16-26(22-24(28)2)42-32(45-35(49)54-39(9,10)11)46-36(50)55-40(12,13)14/h15-22H,1-14H3,(H2,41,43,44,47,48)(H2,42,45,46,49,50). The summed E-state index contributed by atoms with van der Waals surface area (Å²) in [6.07, 6.45) is -3.39. The van der Waals surface area contributed by atoms with Gasteiger partial charge in [-0.3, -0.25) is 10.6 Å². The maximum absolute atomic E-state index is 12.5. The molecule has 0 aliphatic carbocycles. The lowest BCUT2D eigenvalue weighted by molar-refractivity contribution is 0.0545. The van der Waals surface area contributed by atoms with Crippen LogP contribution in [0.4, 0.5) is 30.6 Å². The van der Waals surface area contributed by atoms with Crippen molar-refractivity contribution in [2.75, 3.05) is 10.6 Å². The Morgan fingerprint density at radius 2 is 0.836 bits per heavy atom. The molecule has 4 amide bonds. The zero-order chi connectivity index (χ0) is 41.5. The van der Waals surface area contributed by atoms with Crippen molar-refractivity contribution >= 4 is 47.7 Å². The Morgan fingerprint density at radius 1 is 0.509 bits per heavy atom. The van der Waals surface area contributed by atoms with E-state index in [0.29, 0.717) is 22.9 Å². The summed E-state index contributed by atoms with van der Waals surface area (Å²) in [7, 11) is 0. The van der Waals surface area contributed by atoms with Crippen molar-refractivity contribution in [2.45, 2.75) is 119 Å². The largest absolute Gasteiger partial charge is 0.456 e. The van der Waals surface area contributed by atoms with Crippen molar-refractivity contribution in [3.63, 3.8) is 0 Å². The van der Waals surface area contributed by atoms with Crippen molar-refractivity contribution in [3.8, 4) is 22.6 Å². The van der Waals surface area contributed by atoms with Crippen LogP contribution in [-0.4, -0.2) is 58.7 Å². The van der Waals surface area contributed by atoms with Crippen LogP contribution >= 0.6 is 0 Å². The van der Waals surface area contributed by atoms with E-state index in [1.807, 2.05) is 50.2 Å². The highest BCUT2D eigenvalue weighted by atomic mass is 16.6. The molecule has 3 rings (SSSR count). The van der Waals surface area contributed by atoms with E-state index in [0.717, 1.165) is 22.3 Å². The molecule has 4 N–H and O–H groups in total. The maximum Gasteiger partial charge on any atom is 0.437 e. The fraction of sp³-hybridized carbons (Fsp3) is 0.450. The first-order valence-corrected chi connectivity index (χ1v) is 17.6. The van der Waals surface area contributed by atoms with E-state index >= 15 is 0 Å². The summed E-state index contributed by atoms with van der Waals surface area (Å²) in [5.74, 6) is 0.855. The number of ether oxygens (including phenoxy) is 4. The number of aliphatic imine (C=N–C) groups is 2. The second-order valence-electron chi connectivity index (χ2n) is 16.6. The Morgan fingerprint density at radius 3 is 1.13 bits per heavy atom. The quantitative estimate of drug-likeness (QED) is 0.112. The number of aryl methyl sites for hydroxylation is 2. The van der Waals surface area contributed by atoms with Gasteiger partial charge < -0.3 is 34.0 Å². The number of nitrogens with zero attached hydrogens (tertiary/aromatic N) is 2. The van der Waals surface area contributed by atoms with E-state index in [9.17, 15) is 19.2 Å². The van der Waals surface area contributed by atoms with Crippen LogP contribution in [0.15, 0.2) is 62.9 Å². The number of hydrogen-bond donors (Lipinski definition) is 4. The molecule has 1 heterocycles. The predicted octanol–water partition coefficient (Wildman–Crippen LogP) is 9.69. The van der Waals surface area contributed by atoms with E-state index in [4.69, 9.17) is 23.4 Å². The summed E-state index contributed by atoms with van der Waals surface area (Å²) in [6.45, 7) is 24.3. The Bertz CT molecular complexity index is 1810. The molecule has 0 saturated carbocycles. The maximum atomic E-state index is 12.5. The van der Waals surface area contributed by atoms with Gasteiger partial charge in [0.25, 0.3) is 0 Å². The average Bonchev–Trinajstić information content (AvgIpc) is 3.42. The third-order valence-corrected chi connectivity index (χ3v) is 6.55. The summed E-state index contributed by atoms with van der Waals surface area (Å²) in [4.78, 5) is 57.9. The molecular formula is C40H54N6O9. The molecule has 0 radical (unpaired) electrons. The molecule has 298 valence electrons. The predicted molar refractivity (Wildman–Crippen MR) is 212 cm³/mol. The van der Waals surface area contributed by atoms with Crippen LogP contribution in [0, 0.1) is 13.8 Å². The first-order chi connectivity index (χ1) is 25.1. The van der Waals surface area contributed by atoms with E-state index < -0.39 is 46.8 Å². The molecule has 15 heteroatoms. The van der Waals surface area contributed by atoms with Gasteiger partial charge in [0.05, 0.1) is 0 Å². The van der Waals surface area contributed by atoms with Gasteiger partial charge in [0, 0.05) is 22.5 Å². The van der Waals surface area contributed by atoms with E-state index in [1.54, 1.807) is 95.2 Å². The van der Waals surface area contributed by atoms with Gasteiger partial charge in [0.15, 0.2) is 0 Å². The number of alkyl carbamates (subject to hydrolysis) is 2. The monoisotopic (exact) mass is 762 g/mol. The summed E-state index contributed by atoms with van der Waals surface area (Å²) in [5, 5.41) is 10.9. The number of benzene rings is 2. The summed E-state index contributed by atoms with van der Waals surface area (Å²) < 4.78 is 27.6. The lowest BCUT2D eigenvalue weighted by Gasteiger charge is -2.21. The van der Waals surface area contributed by atoms with Gasteiger partial charge in [-0.2, -0.15) is 0 Å². The second kappa shape index (κ2) is 17.1. The fourth-order valence-corrected chi connectivity index (χ4v) is 4.66. The highest BCUT2D eigenvalue weighted by molar-refractivity contribution is 6.07. The molecular weight excluding hydrogens is 708 g/mol. The molecule has 0 bridgehead atoms. The number of amides is 4. The molecule has 15 nitrogen and oxygen atoms in total. The van der Waals surface area contributed by atoms with Crippen LogP contribution in [-0.2, 0) is 18.9 Å². The number of nitrogens with one attached hydrogen (secondary N) is 4. The molecule has 0 unspecified atom stereocenters. The lowest BCUT2D eigenvalue weighted by Crippen LogP contribution is -2.40. The van der Waals surface area contributed by atoms with Crippen molar-refractivity contribution in [1.82, 2.24) is 10.6 Å². The molecule has 55 heavy (non-hydrogen) atoms. The Balaban J connectivity index is 1.84. The minimum atomic E-state index is -0.895. The smallest absolute Gasteiger partial charge is 0.437 e. The van der Waals surface area contributed by atoms with Crippen LogP contribution in [0.5, 0.6) is 0 Å². The fourth-order valence-electron chi connectivity index (χ4n) is 4.66. The summed E-state index contributed by atoms with van der Waals surface area (Å²) in [6, 6.07) is 14.5. The summed E-state index contributed by atoms with van der Waals surface area (Å²) in [5.41, 5.74) is 1.17. The zero-order valence-corrected chi connectivity index (χ0v) is 34.2. The first kappa shape index (κ1) is 43.5.